The Morgan fingerprint density at radius 1 is 1.03 bits per heavy atom. The number of benzene rings is 2. The van der Waals surface area contributed by atoms with E-state index < -0.39 is 0 Å². The van der Waals surface area contributed by atoms with Gasteiger partial charge in [-0.05, 0) is 31.2 Å². The first kappa shape index (κ1) is 21.6. The van der Waals surface area contributed by atoms with Crippen molar-refractivity contribution in [3.8, 4) is 5.75 Å². The average Bonchev–Trinajstić information content (AvgIpc) is 2.75. The van der Waals surface area contributed by atoms with Crippen LogP contribution in [-0.2, 0) is 9.59 Å². The van der Waals surface area contributed by atoms with Crippen molar-refractivity contribution in [2.24, 2.45) is 0 Å². The van der Waals surface area contributed by atoms with Crippen LogP contribution < -0.4 is 15.0 Å². The van der Waals surface area contributed by atoms with Crippen LogP contribution in [0, 0.1) is 6.92 Å². The van der Waals surface area contributed by atoms with E-state index in [4.69, 9.17) is 4.74 Å². The lowest BCUT2D eigenvalue weighted by atomic mass is 10.2. The van der Waals surface area contributed by atoms with Gasteiger partial charge in [0.05, 0.1) is 25.9 Å². The molecule has 0 unspecified atom stereocenters. The number of carbonyl (C=O) groups is 2. The molecule has 0 atom stereocenters. The third-order valence-electron chi connectivity index (χ3n) is 5.30. The highest BCUT2D eigenvalue weighted by Gasteiger charge is 2.22. The van der Waals surface area contributed by atoms with E-state index in [-0.39, 0.29) is 18.4 Å². The second-order valence-corrected chi connectivity index (χ2v) is 7.60. The Kier molecular flexibility index (Phi) is 7.30. The van der Waals surface area contributed by atoms with Gasteiger partial charge in [0.2, 0.25) is 11.8 Å². The lowest BCUT2D eigenvalue weighted by Gasteiger charge is -2.36. The monoisotopic (exact) mass is 410 g/mol. The highest BCUT2D eigenvalue weighted by molar-refractivity contribution is 5.94. The number of para-hydroxylation sites is 2. The Morgan fingerprint density at radius 2 is 1.70 bits per heavy atom. The lowest BCUT2D eigenvalue weighted by molar-refractivity contribution is -0.134. The number of aryl methyl sites for hydroxylation is 1. The minimum atomic E-state index is -0.198. The number of hydrogen-bond acceptors (Lipinski definition) is 5. The zero-order valence-electron chi connectivity index (χ0n) is 17.9. The fourth-order valence-corrected chi connectivity index (χ4v) is 3.49. The van der Waals surface area contributed by atoms with Crippen molar-refractivity contribution < 1.29 is 14.3 Å². The molecule has 2 aromatic rings. The van der Waals surface area contributed by atoms with Gasteiger partial charge in [0.1, 0.15) is 5.75 Å². The van der Waals surface area contributed by atoms with Gasteiger partial charge < -0.3 is 19.9 Å². The van der Waals surface area contributed by atoms with E-state index in [1.807, 2.05) is 49.4 Å². The molecule has 1 aliphatic rings. The summed E-state index contributed by atoms with van der Waals surface area (Å²) in [5.41, 5.74) is 2.95. The predicted molar refractivity (Wildman–Crippen MR) is 119 cm³/mol. The molecular formula is C23H30N4O3. The smallest absolute Gasteiger partial charge is 0.243 e. The number of hydrogen-bond donors (Lipinski definition) is 1. The van der Waals surface area contributed by atoms with Gasteiger partial charge in [-0.25, -0.2) is 0 Å². The van der Waals surface area contributed by atoms with Gasteiger partial charge in [-0.2, -0.15) is 0 Å². The maximum Gasteiger partial charge on any atom is 0.243 e. The van der Waals surface area contributed by atoms with Gasteiger partial charge in [0, 0.05) is 38.9 Å². The molecule has 2 amide bonds. The first-order valence-corrected chi connectivity index (χ1v) is 10.2. The fourth-order valence-electron chi connectivity index (χ4n) is 3.49. The molecule has 30 heavy (non-hydrogen) atoms. The highest BCUT2D eigenvalue weighted by atomic mass is 16.5. The Hall–Kier alpha value is -3.06. The maximum atomic E-state index is 12.6. The van der Waals surface area contributed by atoms with E-state index in [2.05, 4.69) is 21.2 Å². The van der Waals surface area contributed by atoms with Crippen molar-refractivity contribution in [1.82, 2.24) is 9.80 Å². The summed E-state index contributed by atoms with van der Waals surface area (Å²) in [6.45, 7) is 5.56. The van der Waals surface area contributed by atoms with Crippen LogP contribution in [0.3, 0.4) is 0 Å². The van der Waals surface area contributed by atoms with Crippen molar-refractivity contribution in [2.45, 2.75) is 6.92 Å². The molecule has 160 valence electrons. The Labute approximate surface area is 178 Å². The van der Waals surface area contributed by atoms with E-state index in [0.717, 1.165) is 48.9 Å². The van der Waals surface area contributed by atoms with Gasteiger partial charge >= 0.3 is 0 Å². The number of anilines is 2. The van der Waals surface area contributed by atoms with Gasteiger partial charge in [0.15, 0.2) is 0 Å². The lowest BCUT2D eigenvalue weighted by Crippen LogP contribution is -2.50. The molecule has 1 N–H and O–H groups in total. The molecule has 2 aromatic carbocycles. The molecule has 1 saturated heterocycles. The van der Waals surface area contributed by atoms with Gasteiger partial charge in [0.25, 0.3) is 0 Å². The van der Waals surface area contributed by atoms with E-state index in [1.54, 1.807) is 14.2 Å². The predicted octanol–water partition coefficient (Wildman–Crippen LogP) is 2.22. The minimum absolute atomic E-state index is 0.0356. The molecule has 7 nitrogen and oxygen atoms in total. The van der Waals surface area contributed by atoms with Crippen LogP contribution in [0.15, 0.2) is 48.5 Å². The van der Waals surface area contributed by atoms with Crippen LogP contribution in [-0.4, -0.2) is 75.0 Å². The van der Waals surface area contributed by atoms with Crippen LogP contribution in [0.25, 0.3) is 0 Å². The number of rotatable bonds is 7. The van der Waals surface area contributed by atoms with Gasteiger partial charge in [-0.3, -0.25) is 14.5 Å². The largest absolute Gasteiger partial charge is 0.495 e. The number of nitrogens with one attached hydrogen (secondary N) is 1. The van der Waals surface area contributed by atoms with Crippen molar-refractivity contribution in [1.29, 1.82) is 0 Å². The average molecular weight is 411 g/mol. The second-order valence-electron chi connectivity index (χ2n) is 7.60. The minimum Gasteiger partial charge on any atom is -0.495 e. The zero-order valence-corrected chi connectivity index (χ0v) is 17.9. The molecule has 3 rings (SSSR count). The van der Waals surface area contributed by atoms with E-state index in [9.17, 15) is 9.59 Å². The summed E-state index contributed by atoms with van der Waals surface area (Å²) in [7, 11) is 3.35. The maximum absolute atomic E-state index is 12.6. The number of likely N-dealkylation sites (N-methyl/N-ethyl adjacent to an activating group) is 1. The zero-order chi connectivity index (χ0) is 21.5. The van der Waals surface area contributed by atoms with Crippen LogP contribution in [0.4, 0.5) is 11.4 Å². The number of nitrogens with zero attached hydrogens (tertiary/aromatic N) is 3. The molecule has 0 aromatic heterocycles. The van der Waals surface area contributed by atoms with E-state index in [1.165, 1.54) is 4.90 Å². The van der Waals surface area contributed by atoms with Crippen LogP contribution in [0.1, 0.15) is 5.56 Å². The fraction of sp³-hybridized carbons (Fsp3) is 0.391. The molecule has 0 aliphatic carbocycles. The molecule has 1 heterocycles. The number of piperazine rings is 1. The normalized spacial score (nSPS) is 14.3. The van der Waals surface area contributed by atoms with Crippen LogP contribution >= 0.6 is 0 Å². The Morgan fingerprint density at radius 3 is 2.37 bits per heavy atom. The van der Waals surface area contributed by atoms with Crippen molar-refractivity contribution >= 4 is 23.2 Å². The summed E-state index contributed by atoms with van der Waals surface area (Å²) in [6, 6.07) is 15.6. The Bertz CT molecular complexity index is 861. The topological polar surface area (TPSA) is 65.1 Å². The summed E-state index contributed by atoms with van der Waals surface area (Å²) in [4.78, 5) is 30.7. The van der Waals surface area contributed by atoms with Crippen molar-refractivity contribution in [3.05, 3.63) is 54.1 Å². The van der Waals surface area contributed by atoms with E-state index >= 15 is 0 Å². The summed E-state index contributed by atoms with van der Waals surface area (Å²) in [5.74, 6) is 0.608. The number of amides is 2. The summed E-state index contributed by atoms with van der Waals surface area (Å²) >= 11 is 0. The number of carbonyl (C=O) groups excluding carboxylic acids is 2. The standard InChI is InChI=1S/C23H30N4O3/c1-18-8-10-19(11-9-18)24-22(28)16-25(2)23(29)17-26-12-14-27(15-13-26)20-6-4-5-7-21(20)30-3/h4-11H,12-17H2,1-3H3,(H,24,28). The van der Waals surface area contributed by atoms with Gasteiger partial charge in [-0.1, -0.05) is 29.8 Å². The highest BCUT2D eigenvalue weighted by Crippen LogP contribution is 2.28. The third kappa shape index (κ3) is 5.73. The summed E-state index contributed by atoms with van der Waals surface area (Å²) in [5, 5.41) is 2.83. The molecule has 0 spiro atoms. The first-order chi connectivity index (χ1) is 14.5. The molecular weight excluding hydrogens is 380 g/mol. The van der Waals surface area contributed by atoms with Crippen LogP contribution in [0.5, 0.6) is 5.75 Å². The summed E-state index contributed by atoms with van der Waals surface area (Å²) < 4.78 is 5.45. The van der Waals surface area contributed by atoms with Crippen molar-refractivity contribution in [3.63, 3.8) is 0 Å². The molecule has 0 saturated carbocycles. The first-order valence-electron chi connectivity index (χ1n) is 10.2. The third-order valence-corrected chi connectivity index (χ3v) is 5.30. The summed E-state index contributed by atoms with van der Waals surface area (Å²) in [6.07, 6.45) is 0. The molecule has 7 heteroatoms. The van der Waals surface area contributed by atoms with Crippen LogP contribution in [0.2, 0.25) is 0 Å². The molecule has 1 fully saturated rings. The molecule has 1 aliphatic heterocycles. The Balaban J connectivity index is 1.44. The second kappa shape index (κ2) is 10.1. The SMILES string of the molecule is COc1ccccc1N1CCN(CC(=O)N(C)CC(=O)Nc2ccc(C)cc2)CC1. The van der Waals surface area contributed by atoms with Crippen molar-refractivity contribution in [2.75, 3.05) is 63.6 Å². The van der Waals surface area contributed by atoms with Gasteiger partial charge in [-0.15, -0.1) is 0 Å². The number of ether oxygens (including phenoxy) is 1. The molecule has 0 bridgehead atoms. The quantitative estimate of drug-likeness (QED) is 0.758. The number of methoxy groups -OCH3 is 1. The van der Waals surface area contributed by atoms with E-state index in [0.29, 0.717) is 6.54 Å². The molecule has 0 radical (unpaired) electrons.